The van der Waals surface area contributed by atoms with Crippen molar-refractivity contribution in [1.82, 2.24) is 15.6 Å². The lowest BCUT2D eigenvalue weighted by Crippen LogP contribution is -2.42. The van der Waals surface area contributed by atoms with Gasteiger partial charge in [0.1, 0.15) is 11.4 Å². The standard InChI is InChI=1S/C16H17Cl2N3O2/c1-10-14(21-23-20-10)9-19-15(22)16(6-2-3-7-16)11-4-5-12(17)13(18)8-11/h4-5,8H,2-3,6-7,9H2,1H3,(H,19,22). The number of nitrogens with zero attached hydrogens (tertiary/aromatic N) is 2. The Hall–Kier alpha value is -1.59. The van der Waals surface area contributed by atoms with E-state index in [9.17, 15) is 4.79 Å². The third kappa shape index (κ3) is 3.08. The van der Waals surface area contributed by atoms with Crippen LogP contribution in [-0.4, -0.2) is 16.2 Å². The molecule has 3 rings (SSSR count). The Morgan fingerprint density at radius 1 is 1.26 bits per heavy atom. The number of carbonyl (C=O) groups excluding carboxylic acids is 1. The lowest BCUT2D eigenvalue weighted by Gasteiger charge is -2.28. The Labute approximate surface area is 144 Å². The van der Waals surface area contributed by atoms with Crippen molar-refractivity contribution in [2.75, 3.05) is 0 Å². The van der Waals surface area contributed by atoms with E-state index >= 15 is 0 Å². The van der Waals surface area contributed by atoms with Crippen LogP contribution in [0.15, 0.2) is 22.8 Å². The van der Waals surface area contributed by atoms with Crippen molar-refractivity contribution in [2.45, 2.75) is 44.6 Å². The molecule has 2 aromatic rings. The quantitative estimate of drug-likeness (QED) is 0.907. The van der Waals surface area contributed by atoms with Crippen LogP contribution in [0.25, 0.3) is 0 Å². The van der Waals surface area contributed by atoms with Gasteiger partial charge in [-0.05, 0) is 37.5 Å². The maximum absolute atomic E-state index is 12.9. The van der Waals surface area contributed by atoms with Gasteiger partial charge in [-0.25, -0.2) is 4.63 Å². The zero-order valence-electron chi connectivity index (χ0n) is 12.7. The summed E-state index contributed by atoms with van der Waals surface area (Å²) in [6.45, 7) is 2.10. The first-order chi connectivity index (χ1) is 11.0. The van der Waals surface area contributed by atoms with E-state index in [1.807, 2.05) is 6.07 Å². The molecule has 1 fully saturated rings. The van der Waals surface area contributed by atoms with E-state index in [1.54, 1.807) is 19.1 Å². The van der Waals surface area contributed by atoms with Gasteiger partial charge in [0, 0.05) is 0 Å². The van der Waals surface area contributed by atoms with Gasteiger partial charge >= 0.3 is 0 Å². The minimum Gasteiger partial charge on any atom is -0.349 e. The van der Waals surface area contributed by atoms with Crippen molar-refractivity contribution >= 4 is 29.1 Å². The van der Waals surface area contributed by atoms with Crippen molar-refractivity contribution in [3.05, 3.63) is 45.2 Å². The van der Waals surface area contributed by atoms with Crippen LogP contribution >= 0.6 is 23.2 Å². The summed E-state index contributed by atoms with van der Waals surface area (Å²) in [4.78, 5) is 12.9. The van der Waals surface area contributed by atoms with E-state index in [0.29, 0.717) is 28.0 Å². The average Bonchev–Trinajstić information content (AvgIpc) is 3.17. The lowest BCUT2D eigenvalue weighted by molar-refractivity contribution is -0.126. The van der Waals surface area contributed by atoms with Crippen LogP contribution in [-0.2, 0) is 16.8 Å². The van der Waals surface area contributed by atoms with Crippen molar-refractivity contribution in [3.8, 4) is 0 Å². The van der Waals surface area contributed by atoms with Crippen molar-refractivity contribution in [2.24, 2.45) is 0 Å². The number of amides is 1. The summed E-state index contributed by atoms with van der Waals surface area (Å²) >= 11 is 12.1. The second-order valence-electron chi connectivity index (χ2n) is 5.90. The van der Waals surface area contributed by atoms with Crippen LogP contribution in [0, 0.1) is 6.92 Å². The Kier molecular flexibility index (Phi) is 4.60. The highest BCUT2D eigenvalue weighted by Crippen LogP contribution is 2.43. The largest absolute Gasteiger partial charge is 0.349 e. The highest BCUT2D eigenvalue weighted by atomic mass is 35.5. The number of halogens is 2. The molecule has 0 spiro atoms. The molecule has 1 aliphatic rings. The first kappa shape index (κ1) is 16.3. The van der Waals surface area contributed by atoms with Gasteiger partial charge in [0.25, 0.3) is 0 Å². The number of aromatic nitrogens is 2. The summed E-state index contributed by atoms with van der Waals surface area (Å²) in [5.41, 5.74) is 1.68. The van der Waals surface area contributed by atoms with Gasteiger partial charge in [0.2, 0.25) is 5.91 Å². The Morgan fingerprint density at radius 2 is 2.00 bits per heavy atom. The molecule has 1 heterocycles. The van der Waals surface area contributed by atoms with E-state index in [4.69, 9.17) is 23.2 Å². The van der Waals surface area contributed by atoms with Crippen LogP contribution in [0.3, 0.4) is 0 Å². The fourth-order valence-corrected chi connectivity index (χ4v) is 3.46. The average molecular weight is 354 g/mol. The molecule has 0 atom stereocenters. The summed E-state index contributed by atoms with van der Waals surface area (Å²) in [6, 6.07) is 5.44. The number of hydrogen-bond donors (Lipinski definition) is 1. The van der Waals surface area contributed by atoms with Gasteiger partial charge in [-0.2, -0.15) is 0 Å². The van der Waals surface area contributed by atoms with Crippen LogP contribution in [0.1, 0.15) is 42.6 Å². The second kappa shape index (κ2) is 6.49. The van der Waals surface area contributed by atoms with Crippen molar-refractivity contribution in [3.63, 3.8) is 0 Å². The van der Waals surface area contributed by atoms with Gasteiger partial charge in [0.05, 0.1) is 22.0 Å². The summed E-state index contributed by atoms with van der Waals surface area (Å²) in [7, 11) is 0. The zero-order chi connectivity index (χ0) is 16.4. The number of aryl methyl sites for hydroxylation is 1. The first-order valence-corrected chi connectivity index (χ1v) is 8.30. The molecule has 7 heteroatoms. The molecule has 0 aliphatic heterocycles. The maximum atomic E-state index is 12.9. The van der Waals surface area contributed by atoms with Gasteiger partial charge in [-0.3, -0.25) is 4.79 Å². The fourth-order valence-electron chi connectivity index (χ4n) is 3.16. The molecule has 1 N–H and O–H groups in total. The maximum Gasteiger partial charge on any atom is 0.230 e. The monoisotopic (exact) mass is 353 g/mol. The topological polar surface area (TPSA) is 68.0 Å². The normalized spacial score (nSPS) is 16.5. The molecule has 1 aromatic heterocycles. The number of nitrogens with one attached hydrogen (secondary N) is 1. The summed E-state index contributed by atoms with van der Waals surface area (Å²) < 4.78 is 4.66. The highest BCUT2D eigenvalue weighted by molar-refractivity contribution is 6.42. The highest BCUT2D eigenvalue weighted by Gasteiger charge is 2.42. The molecular weight excluding hydrogens is 337 g/mol. The first-order valence-electron chi connectivity index (χ1n) is 7.55. The predicted octanol–water partition coefficient (Wildman–Crippen LogP) is 3.81. The molecule has 0 unspecified atom stereocenters. The SMILES string of the molecule is Cc1nonc1CNC(=O)C1(c2ccc(Cl)c(Cl)c2)CCCC1. The second-order valence-corrected chi connectivity index (χ2v) is 6.71. The molecule has 1 amide bonds. The van der Waals surface area contributed by atoms with Crippen LogP contribution < -0.4 is 5.32 Å². The lowest BCUT2D eigenvalue weighted by atomic mass is 9.78. The van der Waals surface area contributed by atoms with E-state index in [0.717, 1.165) is 31.2 Å². The molecule has 122 valence electrons. The molecule has 0 radical (unpaired) electrons. The summed E-state index contributed by atoms with van der Waals surface area (Å²) in [5, 5.41) is 11.4. The van der Waals surface area contributed by atoms with E-state index < -0.39 is 5.41 Å². The number of benzene rings is 1. The molecule has 0 bridgehead atoms. The molecule has 5 nitrogen and oxygen atoms in total. The molecule has 1 aliphatic carbocycles. The molecule has 1 aromatic carbocycles. The molecule has 0 saturated heterocycles. The minimum atomic E-state index is -0.556. The molecule has 1 saturated carbocycles. The third-order valence-electron chi connectivity index (χ3n) is 4.53. The predicted molar refractivity (Wildman–Crippen MR) is 87.5 cm³/mol. The van der Waals surface area contributed by atoms with Crippen LogP contribution in [0.5, 0.6) is 0 Å². The van der Waals surface area contributed by atoms with E-state index in [1.165, 1.54) is 0 Å². The molecular formula is C16H17Cl2N3O2. The third-order valence-corrected chi connectivity index (χ3v) is 5.27. The van der Waals surface area contributed by atoms with Crippen molar-refractivity contribution in [1.29, 1.82) is 0 Å². The van der Waals surface area contributed by atoms with E-state index in [2.05, 4.69) is 20.3 Å². The Bertz CT molecular complexity index is 724. The van der Waals surface area contributed by atoms with Crippen LogP contribution in [0.2, 0.25) is 10.0 Å². The van der Waals surface area contributed by atoms with Gasteiger partial charge < -0.3 is 5.32 Å². The Morgan fingerprint density at radius 3 is 2.61 bits per heavy atom. The van der Waals surface area contributed by atoms with Gasteiger partial charge in [-0.15, -0.1) is 0 Å². The smallest absolute Gasteiger partial charge is 0.230 e. The number of carbonyl (C=O) groups is 1. The number of hydrogen-bond acceptors (Lipinski definition) is 4. The summed E-state index contributed by atoms with van der Waals surface area (Å²) in [5.74, 6) is -0.0178. The summed E-state index contributed by atoms with van der Waals surface area (Å²) in [6.07, 6.45) is 3.62. The fraction of sp³-hybridized carbons (Fsp3) is 0.438. The van der Waals surface area contributed by atoms with Gasteiger partial charge in [-0.1, -0.05) is 52.4 Å². The van der Waals surface area contributed by atoms with Crippen molar-refractivity contribution < 1.29 is 9.42 Å². The van der Waals surface area contributed by atoms with E-state index in [-0.39, 0.29) is 5.91 Å². The van der Waals surface area contributed by atoms with Crippen LogP contribution in [0.4, 0.5) is 0 Å². The minimum absolute atomic E-state index is 0.0178. The molecule has 23 heavy (non-hydrogen) atoms. The zero-order valence-corrected chi connectivity index (χ0v) is 14.2. The number of rotatable bonds is 4. The Balaban J connectivity index is 1.83. The van der Waals surface area contributed by atoms with Gasteiger partial charge in [0.15, 0.2) is 0 Å².